The number of nitrogens with zero attached hydrogens (tertiary/aromatic N) is 2. The van der Waals surface area contributed by atoms with Gasteiger partial charge in [-0.3, -0.25) is 4.57 Å². The van der Waals surface area contributed by atoms with Gasteiger partial charge in [0.2, 0.25) is 0 Å². The minimum atomic E-state index is 1.00. The molecule has 0 spiro atoms. The van der Waals surface area contributed by atoms with Crippen molar-refractivity contribution in [3.05, 3.63) is 60.4 Å². The largest absolute Gasteiger partial charge is 0.296 e. The van der Waals surface area contributed by atoms with E-state index in [9.17, 15) is 0 Å². The van der Waals surface area contributed by atoms with Crippen molar-refractivity contribution < 1.29 is 0 Å². The lowest BCUT2D eigenvalue weighted by atomic mass is 10.2. The Morgan fingerprint density at radius 3 is 2.44 bits per heavy atom. The van der Waals surface area contributed by atoms with Gasteiger partial charge in [-0.2, -0.15) is 0 Å². The SMILES string of the molecule is CCCc1nc2ccccc2n1-c1ccccc1. The van der Waals surface area contributed by atoms with Crippen molar-refractivity contribution in [3.8, 4) is 5.69 Å². The van der Waals surface area contributed by atoms with E-state index < -0.39 is 0 Å². The molecule has 3 rings (SSSR count). The van der Waals surface area contributed by atoms with Crippen LogP contribution in [0.5, 0.6) is 0 Å². The molecule has 2 heteroatoms. The van der Waals surface area contributed by atoms with Crippen LogP contribution in [0.4, 0.5) is 0 Å². The lowest BCUT2D eigenvalue weighted by molar-refractivity contribution is 0.818. The highest BCUT2D eigenvalue weighted by Gasteiger charge is 2.10. The first kappa shape index (κ1) is 11.0. The van der Waals surface area contributed by atoms with Gasteiger partial charge in [-0.15, -0.1) is 0 Å². The molecule has 0 radical (unpaired) electrons. The molecule has 0 bridgehead atoms. The predicted octanol–water partition coefficient (Wildman–Crippen LogP) is 3.98. The second-order valence-electron chi connectivity index (χ2n) is 4.44. The van der Waals surface area contributed by atoms with Crippen LogP contribution in [0.15, 0.2) is 54.6 Å². The van der Waals surface area contributed by atoms with Gasteiger partial charge in [0.1, 0.15) is 5.82 Å². The summed E-state index contributed by atoms with van der Waals surface area (Å²) in [5.41, 5.74) is 3.45. The second kappa shape index (κ2) is 4.65. The topological polar surface area (TPSA) is 17.8 Å². The van der Waals surface area contributed by atoms with Crippen LogP contribution in [0.2, 0.25) is 0 Å². The Morgan fingerprint density at radius 1 is 0.944 bits per heavy atom. The second-order valence-corrected chi connectivity index (χ2v) is 4.44. The number of hydrogen-bond acceptors (Lipinski definition) is 1. The summed E-state index contributed by atoms with van der Waals surface area (Å²) in [4.78, 5) is 4.74. The number of aromatic nitrogens is 2. The average molecular weight is 236 g/mol. The van der Waals surface area contributed by atoms with Crippen molar-refractivity contribution in [3.63, 3.8) is 0 Å². The average Bonchev–Trinajstić information content (AvgIpc) is 2.78. The Labute approximate surface area is 107 Å². The third-order valence-electron chi connectivity index (χ3n) is 3.12. The van der Waals surface area contributed by atoms with Gasteiger partial charge < -0.3 is 0 Å². The molecular formula is C16H16N2. The predicted molar refractivity (Wildman–Crippen MR) is 75.1 cm³/mol. The van der Waals surface area contributed by atoms with E-state index >= 15 is 0 Å². The van der Waals surface area contributed by atoms with Crippen LogP contribution in [0, 0.1) is 0 Å². The fourth-order valence-electron chi connectivity index (χ4n) is 2.33. The van der Waals surface area contributed by atoms with Gasteiger partial charge in [-0.1, -0.05) is 37.3 Å². The van der Waals surface area contributed by atoms with E-state index in [0.29, 0.717) is 0 Å². The summed E-state index contributed by atoms with van der Waals surface area (Å²) in [7, 11) is 0. The first-order valence-corrected chi connectivity index (χ1v) is 6.42. The van der Waals surface area contributed by atoms with E-state index in [-0.39, 0.29) is 0 Å². The number of hydrogen-bond donors (Lipinski definition) is 0. The molecule has 0 N–H and O–H groups in total. The monoisotopic (exact) mass is 236 g/mol. The molecular weight excluding hydrogens is 220 g/mol. The first-order valence-electron chi connectivity index (χ1n) is 6.42. The van der Waals surface area contributed by atoms with E-state index in [1.807, 2.05) is 12.1 Å². The van der Waals surface area contributed by atoms with Crippen molar-refractivity contribution in [2.75, 3.05) is 0 Å². The van der Waals surface area contributed by atoms with E-state index in [0.717, 1.165) is 24.2 Å². The van der Waals surface area contributed by atoms with Crippen molar-refractivity contribution in [2.45, 2.75) is 19.8 Å². The standard InChI is InChI=1S/C16H16N2/c1-2-8-16-17-14-11-6-7-12-15(14)18(16)13-9-4-3-5-10-13/h3-7,9-12H,2,8H2,1H3. The molecule has 18 heavy (non-hydrogen) atoms. The van der Waals surface area contributed by atoms with Crippen LogP contribution in [0.3, 0.4) is 0 Å². The molecule has 1 aromatic heterocycles. The summed E-state index contributed by atoms with van der Waals surface area (Å²) < 4.78 is 2.26. The number of fused-ring (bicyclic) bond motifs is 1. The molecule has 0 aliphatic heterocycles. The molecule has 0 saturated carbocycles. The molecule has 3 aromatic rings. The van der Waals surface area contributed by atoms with Gasteiger partial charge in [-0.05, 0) is 30.7 Å². The molecule has 0 fully saturated rings. The van der Waals surface area contributed by atoms with E-state index in [1.54, 1.807) is 0 Å². The maximum Gasteiger partial charge on any atom is 0.114 e. The molecule has 0 aliphatic carbocycles. The fourth-order valence-corrected chi connectivity index (χ4v) is 2.33. The number of rotatable bonds is 3. The Bertz CT molecular complexity index is 653. The Kier molecular flexibility index (Phi) is 2.85. The maximum absolute atomic E-state index is 4.74. The molecule has 0 saturated heterocycles. The number of imidazole rings is 1. The van der Waals surface area contributed by atoms with Gasteiger partial charge in [-0.25, -0.2) is 4.98 Å². The van der Waals surface area contributed by atoms with Crippen LogP contribution in [0.25, 0.3) is 16.7 Å². The molecule has 0 aliphatic rings. The number of benzene rings is 2. The van der Waals surface area contributed by atoms with E-state index in [2.05, 4.69) is 54.0 Å². The summed E-state index contributed by atoms with van der Waals surface area (Å²) in [6.45, 7) is 2.19. The minimum Gasteiger partial charge on any atom is -0.296 e. The summed E-state index contributed by atoms with van der Waals surface area (Å²) in [5.74, 6) is 1.14. The zero-order chi connectivity index (χ0) is 12.4. The van der Waals surface area contributed by atoms with Crippen LogP contribution in [0.1, 0.15) is 19.2 Å². The molecule has 90 valence electrons. The maximum atomic E-state index is 4.74. The highest BCUT2D eigenvalue weighted by molar-refractivity contribution is 5.78. The fraction of sp³-hybridized carbons (Fsp3) is 0.188. The zero-order valence-electron chi connectivity index (χ0n) is 10.5. The highest BCUT2D eigenvalue weighted by atomic mass is 15.1. The van der Waals surface area contributed by atoms with Gasteiger partial charge >= 0.3 is 0 Å². The Morgan fingerprint density at radius 2 is 1.67 bits per heavy atom. The minimum absolute atomic E-state index is 1.00. The normalized spacial score (nSPS) is 10.9. The summed E-state index contributed by atoms with van der Waals surface area (Å²) >= 11 is 0. The molecule has 1 heterocycles. The molecule has 0 atom stereocenters. The number of aryl methyl sites for hydroxylation is 1. The van der Waals surface area contributed by atoms with Gasteiger partial charge in [0.15, 0.2) is 0 Å². The van der Waals surface area contributed by atoms with Crippen molar-refractivity contribution >= 4 is 11.0 Å². The Hall–Kier alpha value is -2.09. The van der Waals surface area contributed by atoms with Crippen molar-refractivity contribution in [1.82, 2.24) is 9.55 Å². The lowest BCUT2D eigenvalue weighted by Gasteiger charge is -2.08. The van der Waals surface area contributed by atoms with Gasteiger partial charge in [0, 0.05) is 12.1 Å². The third-order valence-corrected chi connectivity index (χ3v) is 3.12. The van der Waals surface area contributed by atoms with Crippen LogP contribution >= 0.6 is 0 Å². The number of para-hydroxylation sites is 3. The van der Waals surface area contributed by atoms with Crippen LogP contribution in [-0.4, -0.2) is 9.55 Å². The van der Waals surface area contributed by atoms with Gasteiger partial charge in [0.25, 0.3) is 0 Å². The Balaban J connectivity index is 2.28. The smallest absolute Gasteiger partial charge is 0.114 e. The molecule has 2 nitrogen and oxygen atoms in total. The van der Waals surface area contributed by atoms with E-state index in [1.165, 1.54) is 11.2 Å². The highest BCUT2D eigenvalue weighted by Crippen LogP contribution is 2.22. The summed E-state index contributed by atoms with van der Waals surface area (Å²) in [6.07, 6.45) is 2.11. The van der Waals surface area contributed by atoms with Gasteiger partial charge in [0.05, 0.1) is 11.0 Å². The third kappa shape index (κ3) is 1.80. The molecule has 0 unspecified atom stereocenters. The summed E-state index contributed by atoms with van der Waals surface area (Å²) in [6, 6.07) is 18.8. The summed E-state index contributed by atoms with van der Waals surface area (Å²) in [5, 5.41) is 0. The lowest BCUT2D eigenvalue weighted by Crippen LogP contribution is -2.00. The van der Waals surface area contributed by atoms with Crippen LogP contribution in [-0.2, 0) is 6.42 Å². The zero-order valence-corrected chi connectivity index (χ0v) is 10.5. The van der Waals surface area contributed by atoms with Crippen molar-refractivity contribution in [2.24, 2.45) is 0 Å². The van der Waals surface area contributed by atoms with E-state index in [4.69, 9.17) is 4.98 Å². The first-order chi connectivity index (χ1) is 8.90. The quantitative estimate of drug-likeness (QED) is 0.672. The van der Waals surface area contributed by atoms with Crippen LogP contribution < -0.4 is 0 Å². The molecule has 2 aromatic carbocycles. The van der Waals surface area contributed by atoms with Crippen molar-refractivity contribution in [1.29, 1.82) is 0 Å². The molecule has 0 amide bonds.